The molecule has 7 nitrogen and oxygen atoms in total. The molecule has 2 rings (SSSR count). The Bertz CT molecular complexity index is 897. The molecule has 0 atom stereocenters. The first-order valence-corrected chi connectivity index (χ1v) is 10.6. The first kappa shape index (κ1) is 24.1. The van der Waals surface area contributed by atoms with Crippen molar-refractivity contribution in [3.8, 4) is 11.5 Å². The number of carbonyl (C=O) groups excluding carboxylic acids is 2. The van der Waals surface area contributed by atoms with Crippen LogP contribution in [0, 0.1) is 13.8 Å². The Kier molecular flexibility index (Phi) is 9.77. The van der Waals surface area contributed by atoms with E-state index in [4.69, 9.17) is 21.7 Å². The van der Waals surface area contributed by atoms with E-state index < -0.39 is 11.8 Å². The number of thiocarbonyl (C=S) groups is 1. The van der Waals surface area contributed by atoms with Gasteiger partial charge in [-0.2, -0.15) is 0 Å². The van der Waals surface area contributed by atoms with Crippen molar-refractivity contribution in [3.63, 3.8) is 0 Å². The first-order chi connectivity index (χ1) is 14.9. The summed E-state index contributed by atoms with van der Waals surface area (Å²) in [5.74, 6) is 0.239. The molecule has 0 aromatic heterocycles. The smallest absolute Gasteiger partial charge is 0.276 e. The highest BCUT2D eigenvalue weighted by atomic mass is 32.1. The zero-order valence-corrected chi connectivity index (χ0v) is 18.9. The molecule has 2 amide bonds. The molecule has 0 aliphatic carbocycles. The van der Waals surface area contributed by atoms with Crippen LogP contribution in [0.5, 0.6) is 11.5 Å². The molecule has 0 unspecified atom stereocenters. The lowest BCUT2D eigenvalue weighted by Crippen LogP contribution is -2.49. The molecule has 0 saturated heterocycles. The summed E-state index contributed by atoms with van der Waals surface area (Å²) in [6, 6.07) is 12.7. The van der Waals surface area contributed by atoms with Gasteiger partial charge in [-0.15, -0.1) is 0 Å². The monoisotopic (exact) mass is 443 g/mol. The summed E-state index contributed by atoms with van der Waals surface area (Å²) in [5.41, 5.74) is 7.37. The van der Waals surface area contributed by atoms with Gasteiger partial charge in [-0.25, -0.2) is 0 Å². The standard InChI is InChI=1S/C23H29N3O4S/c1-4-5-8-11-29-20-10-7-6-9-19(20)22(28)24-23(31)26-25-21(27)15-30-18-13-16(2)12-17(3)14-18/h6-7,9-10,12-14H,4-5,8,11,15H2,1-3H3,(H,25,27)(H2,24,26,28,31). The number of benzene rings is 2. The third-order valence-electron chi connectivity index (χ3n) is 4.24. The van der Waals surface area contributed by atoms with Crippen LogP contribution in [-0.2, 0) is 4.79 Å². The highest BCUT2D eigenvalue weighted by Gasteiger charge is 2.14. The molecule has 8 heteroatoms. The second-order valence-corrected chi connectivity index (χ2v) is 7.53. The van der Waals surface area contributed by atoms with E-state index in [0.717, 1.165) is 30.4 Å². The van der Waals surface area contributed by atoms with Crippen LogP contribution < -0.4 is 25.6 Å². The van der Waals surface area contributed by atoms with Gasteiger partial charge in [0, 0.05) is 0 Å². The van der Waals surface area contributed by atoms with Crippen molar-refractivity contribution in [3.05, 3.63) is 59.2 Å². The Morgan fingerprint density at radius 3 is 2.39 bits per heavy atom. The molecule has 0 aliphatic rings. The van der Waals surface area contributed by atoms with Gasteiger partial charge in [0.2, 0.25) is 0 Å². The summed E-state index contributed by atoms with van der Waals surface area (Å²) in [4.78, 5) is 24.5. The Labute approximate surface area is 188 Å². The SMILES string of the molecule is CCCCCOc1ccccc1C(=O)NC(=S)NNC(=O)COc1cc(C)cc(C)c1. The topological polar surface area (TPSA) is 88.7 Å². The quantitative estimate of drug-likeness (QED) is 0.312. The highest BCUT2D eigenvalue weighted by Crippen LogP contribution is 2.18. The fourth-order valence-corrected chi connectivity index (χ4v) is 2.99. The molecule has 0 heterocycles. The van der Waals surface area contributed by atoms with Crippen molar-refractivity contribution in [2.75, 3.05) is 13.2 Å². The maximum Gasteiger partial charge on any atom is 0.276 e. The van der Waals surface area contributed by atoms with Gasteiger partial charge in [-0.1, -0.05) is 38.0 Å². The molecule has 0 bridgehead atoms. The molecular weight excluding hydrogens is 414 g/mol. The van der Waals surface area contributed by atoms with Gasteiger partial charge in [0.1, 0.15) is 11.5 Å². The number of hydrogen-bond acceptors (Lipinski definition) is 5. The van der Waals surface area contributed by atoms with Crippen LogP contribution in [0.3, 0.4) is 0 Å². The molecule has 31 heavy (non-hydrogen) atoms. The minimum Gasteiger partial charge on any atom is -0.493 e. The Balaban J connectivity index is 1.79. The number of aryl methyl sites for hydroxylation is 2. The van der Waals surface area contributed by atoms with Gasteiger partial charge >= 0.3 is 0 Å². The Morgan fingerprint density at radius 1 is 0.968 bits per heavy atom. The van der Waals surface area contributed by atoms with Gasteiger partial charge in [0.05, 0.1) is 12.2 Å². The number of rotatable bonds is 9. The average molecular weight is 444 g/mol. The Morgan fingerprint density at radius 2 is 1.68 bits per heavy atom. The van der Waals surface area contributed by atoms with Crippen molar-refractivity contribution in [1.82, 2.24) is 16.2 Å². The van der Waals surface area contributed by atoms with Crippen LogP contribution in [0.2, 0.25) is 0 Å². The first-order valence-electron chi connectivity index (χ1n) is 10.2. The second kappa shape index (κ2) is 12.5. The summed E-state index contributed by atoms with van der Waals surface area (Å²) >= 11 is 5.09. The average Bonchev–Trinajstić information content (AvgIpc) is 2.73. The van der Waals surface area contributed by atoms with E-state index >= 15 is 0 Å². The van der Waals surface area contributed by atoms with E-state index in [-0.39, 0.29) is 11.7 Å². The third kappa shape index (κ3) is 8.64. The molecule has 0 radical (unpaired) electrons. The van der Waals surface area contributed by atoms with Gasteiger partial charge < -0.3 is 9.47 Å². The molecular formula is C23H29N3O4S. The second-order valence-electron chi connectivity index (χ2n) is 7.12. The summed E-state index contributed by atoms with van der Waals surface area (Å²) in [6.07, 6.45) is 3.07. The van der Waals surface area contributed by atoms with Crippen LogP contribution in [0.4, 0.5) is 0 Å². The lowest BCUT2D eigenvalue weighted by Gasteiger charge is -2.14. The number of unbranched alkanes of at least 4 members (excludes halogenated alkanes) is 2. The van der Waals surface area contributed by atoms with E-state index in [9.17, 15) is 9.59 Å². The number of ether oxygens (including phenoxy) is 2. The summed E-state index contributed by atoms with van der Waals surface area (Å²) in [7, 11) is 0. The molecule has 2 aromatic rings. The third-order valence-corrected chi connectivity index (χ3v) is 4.45. The van der Waals surface area contributed by atoms with E-state index in [1.54, 1.807) is 24.3 Å². The largest absolute Gasteiger partial charge is 0.493 e. The maximum atomic E-state index is 12.5. The van der Waals surface area contributed by atoms with Gasteiger partial charge in [-0.3, -0.25) is 25.8 Å². The number of carbonyl (C=O) groups is 2. The molecule has 2 aromatic carbocycles. The van der Waals surface area contributed by atoms with Crippen LogP contribution in [0.1, 0.15) is 47.7 Å². The molecule has 0 spiro atoms. The van der Waals surface area contributed by atoms with E-state index in [0.29, 0.717) is 23.7 Å². The van der Waals surface area contributed by atoms with E-state index in [2.05, 4.69) is 23.1 Å². The van der Waals surface area contributed by atoms with Gasteiger partial charge in [0.25, 0.3) is 11.8 Å². The lowest BCUT2D eigenvalue weighted by molar-refractivity contribution is -0.123. The van der Waals surface area contributed by atoms with Gasteiger partial charge in [0.15, 0.2) is 11.7 Å². The van der Waals surface area contributed by atoms with Crippen LogP contribution in [0.15, 0.2) is 42.5 Å². The minimum absolute atomic E-state index is 0.0365. The number of hydrazine groups is 1. The Hall–Kier alpha value is -3.13. The molecule has 3 N–H and O–H groups in total. The van der Waals surface area contributed by atoms with Crippen molar-refractivity contribution in [2.24, 2.45) is 0 Å². The van der Waals surface area contributed by atoms with Crippen molar-refractivity contribution in [2.45, 2.75) is 40.0 Å². The predicted octanol–water partition coefficient (Wildman–Crippen LogP) is 3.59. The highest BCUT2D eigenvalue weighted by molar-refractivity contribution is 7.80. The number of hydrogen-bond donors (Lipinski definition) is 3. The molecule has 0 fully saturated rings. The fraction of sp³-hybridized carbons (Fsp3) is 0.348. The fourth-order valence-electron chi connectivity index (χ4n) is 2.84. The van der Waals surface area contributed by atoms with Crippen molar-refractivity contribution < 1.29 is 19.1 Å². The van der Waals surface area contributed by atoms with E-state index in [1.807, 2.05) is 32.0 Å². The zero-order chi connectivity index (χ0) is 22.6. The van der Waals surface area contributed by atoms with Crippen molar-refractivity contribution >= 4 is 29.1 Å². The maximum absolute atomic E-state index is 12.5. The number of amides is 2. The van der Waals surface area contributed by atoms with Crippen molar-refractivity contribution in [1.29, 1.82) is 0 Å². The summed E-state index contributed by atoms with van der Waals surface area (Å²) < 4.78 is 11.2. The van der Waals surface area contributed by atoms with Crippen LogP contribution in [-0.4, -0.2) is 30.1 Å². The zero-order valence-electron chi connectivity index (χ0n) is 18.1. The summed E-state index contributed by atoms with van der Waals surface area (Å²) in [6.45, 7) is 6.37. The number of nitrogens with one attached hydrogen (secondary N) is 3. The van der Waals surface area contributed by atoms with Gasteiger partial charge in [-0.05, 0) is 67.9 Å². The summed E-state index contributed by atoms with van der Waals surface area (Å²) in [5, 5.41) is 2.49. The molecule has 166 valence electrons. The number of para-hydroxylation sites is 1. The lowest BCUT2D eigenvalue weighted by atomic mass is 10.1. The van der Waals surface area contributed by atoms with E-state index in [1.165, 1.54) is 0 Å². The molecule has 0 saturated carbocycles. The molecule has 0 aliphatic heterocycles. The van der Waals surface area contributed by atoms with Crippen LogP contribution in [0.25, 0.3) is 0 Å². The predicted molar refractivity (Wildman–Crippen MR) is 124 cm³/mol. The normalized spacial score (nSPS) is 10.2. The van der Waals surface area contributed by atoms with Crippen LogP contribution >= 0.6 is 12.2 Å². The minimum atomic E-state index is -0.435.